The maximum atomic E-state index is 13.8. The third-order valence-corrected chi connectivity index (χ3v) is 5.21. The van der Waals surface area contributed by atoms with Gasteiger partial charge in [-0.3, -0.25) is 9.78 Å². The lowest BCUT2D eigenvalue weighted by atomic mass is 10.3. The number of benzene rings is 1. The molecule has 0 fully saturated rings. The molecule has 1 heterocycles. The second kappa shape index (κ2) is 6.07. The van der Waals surface area contributed by atoms with Gasteiger partial charge in [-0.05, 0) is 26.0 Å². The summed E-state index contributed by atoms with van der Waals surface area (Å²) in [6.45, 7) is 3.44. The van der Waals surface area contributed by atoms with Gasteiger partial charge in [-0.1, -0.05) is 6.07 Å². The largest absolute Gasteiger partial charge is 0.346 e. The Morgan fingerprint density at radius 3 is 2.35 bits per heavy atom. The second-order valence-electron chi connectivity index (χ2n) is 4.89. The van der Waals surface area contributed by atoms with E-state index in [1.54, 1.807) is 14.0 Å². The molecule has 0 unspecified atom stereocenters. The average Bonchev–Trinajstić information content (AvgIpc) is 2.48. The smallest absolute Gasteiger partial charge is 0.256 e. The minimum Gasteiger partial charge on any atom is -0.346 e. The fourth-order valence-corrected chi connectivity index (χ4v) is 3.47. The van der Waals surface area contributed by atoms with Crippen LogP contribution in [0.4, 0.5) is 14.7 Å². The molecule has 2 aromatic rings. The molecule has 23 heavy (non-hydrogen) atoms. The number of sulfone groups is 1. The van der Waals surface area contributed by atoms with E-state index in [1.165, 1.54) is 11.8 Å². The van der Waals surface area contributed by atoms with Crippen LogP contribution in [-0.2, 0) is 9.84 Å². The van der Waals surface area contributed by atoms with Crippen LogP contribution in [-0.4, -0.2) is 32.0 Å². The van der Waals surface area contributed by atoms with E-state index < -0.39 is 37.0 Å². The number of hydrogen-bond acceptors (Lipinski definition) is 5. The fourth-order valence-electron chi connectivity index (χ4n) is 1.93. The van der Waals surface area contributed by atoms with Gasteiger partial charge >= 0.3 is 0 Å². The van der Waals surface area contributed by atoms with E-state index in [9.17, 15) is 22.0 Å². The van der Waals surface area contributed by atoms with Crippen molar-refractivity contribution in [1.29, 1.82) is 0 Å². The zero-order chi connectivity index (χ0) is 17.4. The molecule has 0 aliphatic heterocycles. The molecule has 0 spiro atoms. The van der Waals surface area contributed by atoms with Crippen molar-refractivity contribution in [3.63, 3.8) is 0 Å². The molecular formula is C14H15F2N3O3S. The van der Waals surface area contributed by atoms with Crippen molar-refractivity contribution in [3.05, 3.63) is 45.8 Å². The maximum absolute atomic E-state index is 13.8. The number of anilines is 1. The third kappa shape index (κ3) is 2.96. The van der Waals surface area contributed by atoms with E-state index in [4.69, 9.17) is 0 Å². The zero-order valence-electron chi connectivity index (χ0n) is 12.7. The van der Waals surface area contributed by atoms with Gasteiger partial charge in [-0.15, -0.1) is 0 Å². The predicted octanol–water partition coefficient (Wildman–Crippen LogP) is 1.65. The molecule has 6 nitrogen and oxygen atoms in total. The normalized spacial score (nSPS) is 11.5. The first-order valence-electron chi connectivity index (χ1n) is 6.71. The summed E-state index contributed by atoms with van der Waals surface area (Å²) in [7, 11) is -3.03. The standard InChI is InChI=1S/C14H15F2N3O3S/c1-4-19(3)14-17-12(20)8(2)13(18-14)23(21,22)11-9(15)6-5-7-10(11)16/h5-7H,4H2,1-3H3,(H,17,18,20). The number of H-pyrrole nitrogens is 1. The molecule has 2 rings (SSSR count). The van der Waals surface area contributed by atoms with Crippen LogP contribution in [0.1, 0.15) is 12.5 Å². The van der Waals surface area contributed by atoms with E-state index in [0.717, 1.165) is 18.2 Å². The number of halogens is 2. The Kier molecular flexibility index (Phi) is 4.51. The van der Waals surface area contributed by atoms with Crippen LogP contribution < -0.4 is 10.5 Å². The van der Waals surface area contributed by atoms with Gasteiger partial charge in [0.15, 0.2) is 5.03 Å². The highest BCUT2D eigenvalue weighted by molar-refractivity contribution is 7.91. The number of aromatic amines is 1. The van der Waals surface area contributed by atoms with Crippen molar-refractivity contribution in [2.24, 2.45) is 0 Å². The van der Waals surface area contributed by atoms with Crippen LogP contribution in [0, 0.1) is 18.6 Å². The lowest BCUT2D eigenvalue weighted by Gasteiger charge is -2.16. The van der Waals surface area contributed by atoms with Gasteiger partial charge in [0.1, 0.15) is 16.5 Å². The van der Waals surface area contributed by atoms with Crippen molar-refractivity contribution >= 4 is 15.8 Å². The number of rotatable bonds is 4. The quantitative estimate of drug-likeness (QED) is 0.854. The van der Waals surface area contributed by atoms with Gasteiger partial charge in [0.2, 0.25) is 15.8 Å². The van der Waals surface area contributed by atoms with Crippen LogP contribution >= 0.6 is 0 Å². The first kappa shape index (κ1) is 17.1. The molecule has 0 saturated carbocycles. The Labute approximate surface area is 131 Å². The zero-order valence-corrected chi connectivity index (χ0v) is 13.5. The van der Waals surface area contributed by atoms with Crippen LogP contribution in [0.15, 0.2) is 32.9 Å². The predicted molar refractivity (Wildman–Crippen MR) is 80.3 cm³/mol. The van der Waals surface area contributed by atoms with Crippen molar-refractivity contribution < 1.29 is 17.2 Å². The van der Waals surface area contributed by atoms with Gasteiger partial charge in [0, 0.05) is 13.6 Å². The van der Waals surface area contributed by atoms with Gasteiger partial charge in [0.25, 0.3) is 5.56 Å². The summed E-state index contributed by atoms with van der Waals surface area (Å²) in [4.78, 5) is 18.6. The summed E-state index contributed by atoms with van der Waals surface area (Å²) in [6.07, 6.45) is 0. The van der Waals surface area contributed by atoms with Gasteiger partial charge in [0.05, 0.1) is 5.56 Å². The first-order valence-corrected chi connectivity index (χ1v) is 8.19. The molecule has 124 valence electrons. The average molecular weight is 343 g/mol. The van der Waals surface area contributed by atoms with E-state index in [2.05, 4.69) is 9.97 Å². The Morgan fingerprint density at radius 2 is 1.83 bits per heavy atom. The molecular weight excluding hydrogens is 328 g/mol. The van der Waals surface area contributed by atoms with Crippen LogP contribution in [0.2, 0.25) is 0 Å². The SMILES string of the molecule is CCN(C)c1nc(S(=O)(=O)c2c(F)cccc2F)c(C)c(=O)[nH]1. The Morgan fingerprint density at radius 1 is 1.26 bits per heavy atom. The monoisotopic (exact) mass is 343 g/mol. The Hall–Kier alpha value is -2.29. The summed E-state index contributed by atoms with van der Waals surface area (Å²) in [5, 5.41) is -0.666. The van der Waals surface area contributed by atoms with Crippen molar-refractivity contribution in [3.8, 4) is 0 Å². The Bertz CT molecular complexity index is 890. The van der Waals surface area contributed by atoms with Crippen LogP contribution in [0.3, 0.4) is 0 Å². The Balaban J connectivity index is 2.79. The number of nitrogens with one attached hydrogen (secondary N) is 1. The van der Waals surface area contributed by atoms with E-state index in [0.29, 0.717) is 6.54 Å². The van der Waals surface area contributed by atoms with Gasteiger partial charge in [-0.25, -0.2) is 22.2 Å². The van der Waals surface area contributed by atoms with Crippen molar-refractivity contribution in [2.75, 3.05) is 18.5 Å². The minimum atomic E-state index is -4.63. The molecule has 9 heteroatoms. The molecule has 0 amide bonds. The molecule has 1 aromatic heterocycles. The molecule has 1 N–H and O–H groups in total. The van der Waals surface area contributed by atoms with E-state index in [-0.39, 0.29) is 11.5 Å². The fraction of sp³-hybridized carbons (Fsp3) is 0.286. The number of hydrogen-bond donors (Lipinski definition) is 1. The van der Waals surface area contributed by atoms with Crippen molar-refractivity contribution in [1.82, 2.24) is 9.97 Å². The first-order chi connectivity index (χ1) is 10.7. The van der Waals surface area contributed by atoms with E-state index in [1.807, 2.05) is 0 Å². The summed E-state index contributed by atoms with van der Waals surface area (Å²) < 4.78 is 52.9. The minimum absolute atomic E-state index is 0.00146. The lowest BCUT2D eigenvalue weighted by Crippen LogP contribution is -2.26. The van der Waals surface area contributed by atoms with Crippen LogP contribution in [0.25, 0.3) is 0 Å². The summed E-state index contributed by atoms with van der Waals surface area (Å²) in [6, 6.07) is 2.72. The summed E-state index contributed by atoms with van der Waals surface area (Å²) >= 11 is 0. The number of nitrogens with zero attached hydrogens (tertiary/aromatic N) is 2. The van der Waals surface area contributed by atoms with Crippen molar-refractivity contribution in [2.45, 2.75) is 23.8 Å². The summed E-state index contributed by atoms with van der Waals surface area (Å²) in [5.74, 6) is -2.48. The second-order valence-corrected chi connectivity index (χ2v) is 6.69. The highest BCUT2D eigenvalue weighted by atomic mass is 32.2. The molecule has 0 radical (unpaired) electrons. The summed E-state index contributed by atoms with van der Waals surface area (Å²) in [5.41, 5.74) is -0.925. The van der Waals surface area contributed by atoms with E-state index >= 15 is 0 Å². The molecule has 1 aromatic carbocycles. The molecule has 0 aliphatic carbocycles. The van der Waals surface area contributed by atoms with Gasteiger partial charge in [-0.2, -0.15) is 0 Å². The molecule has 0 saturated heterocycles. The third-order valence-electron chi connectivity index (χ3n) is 3.37. The number of aromatic nitrogens is 2. The maximum Gasteiger partial charge on any atom is 0.256 e. The molecule has 0 atom stereocenters. The highest BCUT2D eigenvalue weighted by Gasteiger charge is 2.30. The molecule has 0 bridgehead atoms. The van der Waals surface area contributed by atoms with Gasteiger partial charge < -0.3 is 4.90 Å². The highest BCUT2D eigenvalue weighted by Crippen LogP contribution is 2.26. The molecule has 0 aliphatic rings. The lowest BCUT2D eigenvalue weighted by molar-refractivity contribution is 0.517. The van der Waals surface area contributed by atoms with Crippen LogP contribution in [0.5, 0.6) is 0 Å². The topological polar surface area (TPSA) is 83.1 Å².